The van der Waals surface area contributed by atoms with Gasteiger partial charge < -0.3 is 0 Å². The van der Waals surface area contributed by atoms with E-state index in [0.29, 0.717) is 11.7 Å². The Kier molecular flexibility index (Phi) is 3.14. The summed E-state index contributed by atoms with van der Waals surface area (Å²) in [6.07, 6.45) is 5.06. The lowest BCUT2D eigenvalue weighted by atomic mass is 9.63. The van der Waals surface area contributed by atoms with Crippen LogP contribution < -0.4 is 0 Å². The fourth-order valence-electron chi connectivity index (χ4n) is 4.50. The predicted molar refractivity (Wildman–Crippen MR) is 84.5 cm³/mol. The van der Waals surface area contributed by atoms with Crippen molar-refractivity contribution in [3.63, 3.8) is 0 Å². The van der Waals surface area contributed by atoms with Crippen LogP contribution in [0.2, 0.25) is 0 Å². The number of hydrogen-bond donors (Lipinski definition) is 0. The van der Waals surface area contributed by atoms with Gasteiger partial charge in [0.25, 0.3) is 0 Å². The lowest BCUT2D eigenvalue weighted by Crippen LogP contribution is -2.36. The topological polar surface area (TPSA) is 17.1 Å². The van der Waals surface area contributed by atoms with Crippen LogP contribution in [0.4, 0.5) is 4.39 Å². The highest BCUT2D eigenvalue weighted by Gasteiger charge is 2.53. The molecule has 1 nitrogen and oxygen atoms in total. The molecule has 0 radical (unpaired) electrons. The number of benzene rings is 2. The van der Waals surface area contributed by atoms with Crippen LogP contribution in [-0.2, 0) is 6.42 Å². The van der Waals surface area contributed by atoms with Crippen LogP contribution in [0.3, 0.4) is 0 Å². The molecular formula is C20H19FO. The first-order valence-electron chi connectivity index (χ1n) is 8.09. The fraction of sp³-hybridized carbons (Fsp3) is 0.350. The van der Waals surface area contributed by atoms with E-state index in [1.807, 2.05) is 30.3 Å². The smallest absolute Gasteiger partial charge is 0.170 e. The fourth-order valence-corrected chi connectivity index (χ4v) is 4.50. The molecule has 0 aromatic heterocycles. The molecule has 2 atom stereocenters. The molecular weight excluding hydrogens is 275 g/mol. The number of halogens is 1. The van der Waals surface area contributed by atoms with Gasteiger partial charge in [0.1, 0.15) is 5.82 Å². The highest BCUT2D eigenvalue weighted by Crippen LogP contribution is 2.56. The maximum atomic E-state index is 13.2. The van der Waals surface area contributed by atoms with Crippen LogP contribution in [0, 0.1) is 11.2 Å². The van der Waals surface area contributed by atoms with Gasteiger partial charge in [-0.2, -0.15) is 0 Å². The molecule has 4 rings (SSSR count). The van der Waals surface area contributed by atoms with Gasteiger partial charge in [-0.1, -0.05) is 49.2 Å². The first kappa shape index (κ1) is 13.7. The zero-order valence-corrected chi connectivity index (χ0v) is 12.5. The van der Waals surface area contributed by atoms with Crippen molar-refractivity contribution >= 4 is 5.78 Å². The molecule has 2 unspecified atom stereocenters. The second-order valence-electron chi connectivity index (χ2n) is 6.67. The van der Waals surface area contributed by atoms with E-state index in [9.17, 15) is 9.18 Å². The van der Waals surface area contributed by atoms with Crippen molar-refractivity contribution in [3.05, 3.63) is 71.0 Å². The summed E-state index contributed by atoms with van der Waals surface area (Å²) in [5, 5.41) is 0. The van der Waals surface area contributed by atoms with Crippen molar-refractivity contribution in [2.75, 3.05) is 0 Å². The van der Waals surface area contributed by atoms with Gasteiger partial charge >= 0.3 is 0 Å². The number of rotatable bonds is 2. The number of carbonyl (C=O) groups is 1. The third-order valence-electron chi connectivity index (χ3n) is 5.50. The Morgan fingerprint density at radius 2 is 1.82 bits per heavy atom. The van der Waals surface area contributed by atoms with E-state index >= 15 is 0 Å². The maximum absolute atomic E-state index is 13.2. The van der Waals surface area contributed by atoms with E-state index in [0.717, 1.165) is 36.8 Å². The number of Topliss-reactive ketones (excluding diaryl/α,β-unsaturated/α-hetero) is 1. The predicted octanol–water partition coefficient (Wildman–Crippen LogP) is 4.91. The molecule has 1 saturated carbocycles. The second-order valence-corrected chi connectivity index (χ2v) is 6.67. The Hall–Kier alpha value is -1.96. The molecule has 0 bridgehead atoms. The average molecular weight is 294 g/mol. The Balaban J connectivity index is 1.77. The molecule has 1 fully saturated rings. The Labute approximate surface area is 130 Å². The summed E-state index contributed by atoms with van der Waals surface area (Å²) < 4.78 is 13.2. The summed E-state index contributed by atoms with van der Waals surface area (Å²) in [6, 6.07) is 14.7. The Bertz CT molecular complexity index is 719. The summed E-state index contributed by atoms with van der Waals surface area (Å²) in [6.45, 7) is 0. The van der Waals surface area contributed by atoms with Gasteiger partial charge in [0.2, 0.25) is 0 Å². The summed E-state index contributed by atoms with van der Waals surface area (Å²) in [7, 11) is 0. The number of fused-ring (bicyclic) bond motifs is 3. The van der Waals surface area contributed by atoms with Crippen molar-refractivity contribution in [1.82, 2.24) is 0 Å². The van der Waals surface area contributed by atoms with E-state index in [-0.39, 0.29) is 11.2 Å². The standard InChI is InChI=1S/C20H19FO/c21-15-10-8-14(9-11-15)13-20-12-4-3-7-18(20)16-5-1-2-6-17(16)19(20)22/h1-2,5-6,8-11,18H,3-4,7,12-13H2. The van der Waals surface area contributed by atoms with Gasteiger partial charge in [-0.25, -0.2) is 4.39 Å². The largest absolute Gasteiger partial charge is 0.294 e. The minimum absolute atomic E-state index is 0.220. The molecule has 0 heterocycles. The van der Waals surface area contributed by atoms with Gasteiger partial charge in [-0.05, 0) is 48.4 Å². The third kappa shape index (κ3) is 1.93. The summed E-state index contributed by atoms with van der Waals surface area (Å²) in [5.41, 5.74) is 2.90. The molecule has 2 aromatic carbocycles. The zero-order valence-electron chi connectivity index (χ0n) is 12.5. The lowest BCUT2D eigenvalue weighted by Gasteiger charge is -2.38. The summed E-state index contributed by atoms with van der Waals surface area (Å²) in [4.78, 5) is 13.2. The molecule has 0 aliphatic heterocycles. The molecule has 2 aromatic rings. The number of hydrogen-bond acceptors (Lipinski definition) is 1. The highest BCUT2D eigenvalue weighted by atomic mass is 19.1. The van der Waals surface area contributed by atoms with Crippen molar-refractivity contribution in [2.45, 2.75) is 38.0 Å². The van der Waals surface area contributed by atoms with Gasteiger partial charge in [0, 0.05) is 11.0 Å². The Morgan fingerprint density at radius 1 is 1.05 bits per heavy atom. The van der Waals surface area contributed by atoms with Crippen LogP contribution in [0.15, 0.2) is 48.5 Å². The third-order valence-corrected chi connectivity index (χ3v) is 5.50. The molecule has 0 spiro atoms. The van der Waals surface area contributed by atoms with Crippen molar-refractivity contribution in [1.29, 1.82) is 0 Å². The van der Waals surface area contributed by atoms with E-state index in [2.05, 4.69) is 6.07 Å². The summed E-state index contributed by atoms with van der Waals surface area (Å²) in [5.74, 6) is 0.412. The first-order valence-corrected chi connectivity index (χ1v) is 8.09. The zero-order chi connectivity index (χ0) is 15.2. The highest BCUT2D eigenvalue weighted by molar-refractivity contribution is 6.06. The van der Waals surface area contributed by atoms with Crippen molar-refractivity contribution in [2.24, 2.45) is 5.41 Å². The molecule has 0 N–H and O–H groups in total. The quantitative estimate of drug-likeness (QED) is 0.769. The second kappa shape index (κ2) is 5.05. The van der Waals surface area contributed by atoms with Crippen molar-refractivity contribution in [3.8, 4) is 0 Å². The summed E-state index contributed by atoms with van der Waals surface area (Å²) >= 11 is 0. The van der Waals surface area contributed by atoms with E-state index in [4.69, 9.17) is 0 Å². The molecule has 22 heavy (non-hydrogen) atoms. The van der Waals surface area contributed by atoms with E-state index in [1.165, 1.54) is 24.1 Å². The van der Waals surface area contributed by atoms with Crippen LogP contribution in [0.25, 0.3) is 0 Å². The molecule has 112 valence electrons. The van der Waals surface area contributed by atoms with Crippen LogP contribution >= 0.6 is 0 Å². The molecule has 2 heteroatoms. The van der Waals surface area contributed by atoms with Crippen molar-refractivity contribution < 1.29 is 9.18 Å². The van der Waals surface area contributed by atoms with E-state index in [1.54, 1.807) is 0 Å². The maximum Gasteiger partial charge on any atom is 0.170 e. The lowest BCUT2D eigenvalue weighted by molar-refractivity contribution is 0.0705. The van der Waals surface area contributed by atoms with Gasteiger partial charge in [0.05, 0.1) is 0 Å². The number of ketones is 1. The molecule has 0 saturated heterocycles. The van der Waals surface area contributed by atoms with Crippen LogP contribution in [0.5, 0.6) is 0 Å². The number of carbonyl (C=O) groups excluding carboxylic acids is 1. The molecule has 2 aliphatic rings. The van der Waals surface area contributed by atoms with Crippen LogP contribution in [-0.4, -0.2) is 5.78 Å². The van der Waals surface area contributed by atoms with Crippen LogP contribution in [0.1, 0.15) is 53.1 Å². The monoisotopic (exact) mass is 294 g/mol. The SMILES string of the molecule is O=C1c2ccccc2C2CCCCC12Cc1ccc(F)cc1. The van der Waals surface area contributed by atoms with Gasteiger partial charge in [0.15, 0.2) is 5.78 Å². The van der Waals surface area contributed by atoms with E-state index < -0.39 is 0 Å². The normalized spacial score (nSPS) is 26.6. The Morgan fingerprint density at radius 3 is 2.64 bits per heavy atom. The minimum Gasteiger partial charge on any atom is -0.294 e. The average Bonchev–Trinajstić information content (AvgIpc) is 2.80. The minimum atomic E-state index is -0.306. The first-order chi connectivity index (χ1) is 10.7. The van der Waals surface area contributed by atoms with Gasteiger partial charge in [-0.3, -0.25) is 4.79 Å². The van der Waals surface area contributed by atoms with Gasteiger partial charge in [-0.15, -0.1) is 0 Å². The molecule has 0 amide bonds. The molecule has 2 aliphatic carbocycles.